The molecule has 0 fully saturated rings. The van der Waals surface area contributed by atoms with Crippen LogP contribution < -0.4 is 0 Å². The first-order valence-electron chi connectivity index (χ1n) is 7.76. The van der Waals surface area contributed by atoms with Crippen molar-refractivity contribution in [2.75, 3.05) is 0 Å². The number of hydrogen-bond acceptors (Lipinski definition) is 4. The van der Waals surface area contributed by atoms with Gasteiger partial charge >= 0.3 is 0 Å². The van der Waals surface area contributed by atoms with Gasteiger partial charge < -0.3 is 0 Å². The van der Waals surface area contributed by atoms with Crippen LogP contribution in [0.4, 0.5) is 0 Å². The van der Waals surface area contributed by atoms with E-state index in [9.17, 15) is 0 Å². The summed E-state index contributed by atoms with van der Waals surface area (Å²) < 4.78 is 0.584. The van der Waals surface area contributed by atoms with E-state index in [4.69, 9.17) is 0 Å². The van der Waals surface area contributed by atoms with Gasteiger partial charge in [-0.1, -0.05) is 71.6 Å². The second-order valence-electron chi connectivity index (χ2n) is 5.01. The van der Waals surface area contributed by atoms with Crippen LogP contribution in [0.25, 0.3) is 0 Å². The zero-order chi connectivity index (χ0) is 14.9. The Morgan fingerprint density at radius 1 is 0.526 bits per heavy atom. The summed E-state index contributed by atoms with van der Waals surface area (Å²) in [6, 6.07) is 0. The monoisotopic (exact) mass is 342 g/mol. The van der Waals surface area contributed by atoms with Gasteiger partial charge in [0.25, 0.3) is 0 Å². The molecular formula is C15H34S4. The van der Waals surface area contributed by atoms with E-state index in [1.54, 1.807) is 0 Å². The average Bonchev–Trinajstić information content (AvgIpc) is 2.35. The molecule has 0 spiro atoms. The second-order valence-corrected chi connectivity index (χ2v) is 8.32. The maximum Gasteiger partial charge on any atom is 0.0442 e. The van der Waals surface area contributed by atoms with Crippen molar-refractivity contribution in [3.63, 3.8) is 0 Å². The summed E-state index contributed by atoms with van der Waals surface area (Å²) >= 11 is 16.6. The lowest BCUT2D eigenvalue weighted by Crippen LogP contribution is -1.87. The van der Waals surface area contributed by atoms with Gasteiger partial charge in [0, 0.05) is 9.16 Å². The summed E-state index contributed by atoms with van der Waals surface area (Å²) in [6.07, 6.45) is 14.4. The molecule has 0 aliphatic heterocycles. The topological polar surface area (TPSA) is 0 Å². The van der Waals surface area contributed by atoms with Crippen molar-refractivity contribution in [3.05, 3.63) is 0 Å². The molecule has 0 unspecified atom stereocenters. The molecule has 0 heterocycles. The summed E-state index contributed by atoms with van der Waals surface area (Å²) in [7, 11) is 0. The number of unbranched alkanes of at least 4 members (excludes halogenated alkanes) is 7. The van der Waals surface area contributed by atoms with Crippen LogP contribution in [-0.2, 0) is 0 Å². The van der Waals surface area contributed by atoms with Gasteiger partial charge in [-0.3, -0.25) is 0 Å². The summed E-state index contributed by atoms with van der Waals surface area (Å²) in [5.74, 6) is 0. The van der Waals surface area contributed by atoms with Crippen molar-refractivity contribution in [1.29, 1.82) is 0 Å². The Bertz CT molecular complexity index is 149. The highest BCUT2D eigenvalue weighted by molar-refractivity contribution is 7.99. The summed E-state index contributed by atoms with van der Waals surface area (Å²) in [5, 5.41) is 0. The van der Waals surface area contributed by atoms with Gasteiger partial charge in [0.05, 0.1) is 0 Å². The molecule has 19 heavy (non-hydrogen) atoms. The maximum atomic E-state index is 4.22. The molecule has 0 aliphatic rings. The van der Waals surface area contributed by atoms with Crippen molar-refractivity contribution in [2.24, 2.45) is 0 Å². The van der Waals surface area contributed by atoms with Gasteiger partial charge in [-0.2, -0.15) is 50.5 Å². The quantitative estimate of drug-likeness (QED) is 0.180. The van der Waals surface area contributed by atoms with E-state index in [1.807, 2.05) is 0 Å². The molecule has 0 amide bonds. The molecule has 0 bridgehead atoms. The molecule has 0 radical (unpaired) electrons. The molecule has 0 aromatic carbocycles. The Balaban J connectivity index is 0. The van der Waals surface area contributed by atoms with E-state index in [1.165, 1.54) is 57.8 Å². The molecule has 0 aliphatic carbocycles. The summed E-state index contributed by atoms with van der Waals surface area (Å²) in [5.41, 5.74) is 0. The summed E-state index contributed by atoms with van der Waals surface area (Å²) in [6.45, 7) is 4.43. The highest BCUT2D eigenvalue weighted by Crippen LogP contribution is 2.13. The van der Waals surface area contributed by atoms with Crippen LogP contribution in [0.2, 0.25) is 0 Å². The van der Waals surface area contributed by atoms with Crippen molar-refractivity contribution in [2.45, 2.75) is 93.6 Å². The fraction of sp³-hybridized carbons (Fsp3) is 1.00. The molecule has 0 saturated carbocycles. The van der Waals surface area contributed by atoms with E-state index in [-0.39, 0.29) is 0 Å². The van der Waals surface area contributed by atoms with E-state index in [2.05, 4.69) is 64.4 Å². The van der Waals surface area contributed by atoms with Crippen LogP contribution in [-0.4, -0.2) is 9.16 Å². The predicted molar refractivity (Wildman–Crippen MR) is 106 cm³/mol. The molecule has 4 heteroatoms. The molecule has 118 valence electrons. The third-order valence-electron chi connectivity index (χ3n) is 2.88. The second kappa shape index (κ2) is 19.4. The van der Waals surface area contributed by atoms with Crippen molar-refractivity contribution < 1.29 is 0 Å². The molecule has 0 atom stereocenters. The smallest absolute Gasteiger partial charge is 0.0442 e. The third kappa shape index (κ3) is 28.3. The lowest BCUT2D eigenvalue weighted by Gasteiger charge is -2.02. The van der Waals surface area contributed by atoms with E-state index in [0.29, 0.717) is 9.16 Å². The van der Waals surface area contributed by atoms with E-state index >= 15 is 0 Å². The Labute approximate surface area is 143 Å². The Kier molecular flexibility index (Phi) is 23.2. The first-order valence-corrected chi connectivity index (χ1v) is 9.83. The van der Waals surface area contributed by atoms with Crippen LogP contribution in [0.15, 0.2) is 0 Å². The van der Waals surface area contributed by atoms with Crippen LogP contribution in [0.5, 0.6) is 0 Å². The van der Waals surface area contributed by atoms with Crippen LogP contribution in [0, 0.1) is 0 Å². The Morgan fingerprint density at radius 2 is 0.895 bits per heavy atom. The van der Waals surface area contributed by atoms with Crippen LogP contribution in [0.3, 0.4) is 0 Å². The minimum atomic E-state index is 0.292. The number of thiol groups is 4. The highest BCUT2D eigenvalue weighted by Gasteiger charge is 1.95. The van der Waals surface area contributed by atoms with Crippen molar-refractivity contribution >= 4 is 50.5 Å². The minimum Gasteiger partial charge on any atom is -0.165 e. The third-order valence-corrected chi connectivity index (χ3v) is 3.91. The predicted octanol–water partition coefficient (Wildman–Crippen LogP) is 6.68. The minimum absolute atomic E-state index is 0.292. The van der Waals surface area contributed by atoms with Gasteiger partial charge in [0.15, 0.2) is 0 Å². The van der Waals surface area contributed by atoms with Crippen molar-refractivity contribution in [1.82, 2.24) is 0 Å². The standard InChI is InChI=1S/C10H22S2.C5H12S2/c1-2-3-4-5-6-7-8-9-10(11)12;1-2-3-4-5(6)7/h10-12H,2-9H2,1H3;5-7H,2-4H2,1H3. The van der Waals surface area contributed by atoms with Gasteiger partial charge in [-0.25, -0.2) is 0 Å². The molecule has 0 N–H and O–H groups in total. The largest absolute Gasteiger partial charge is 0.165 e. The van der Waals surface area contributed by atoms with Gasteiger partial charge in [0.1, 0.15) is 0 Å². The normalized spacial score (nSPS) is 10.7. The van der Waals surface area contributed by atoms with Gasteiger partial charge in [-0.05, 0) is 12.8 Å². The van der Waals surface area contributed by atoms with E-state index < -0.39 is 0 Å². The number of rotatable bonds is 11. The molecule has 0 aromatic rings. The lowest BCUT2D eigenvalue weighted by atomic mass is 10.1. The van der Waals surface area contributed by atoms with E-state index in [0.717, 1.165) is 12.8 Å². The fourth-order valence-corrected chi connectivity index (χ4v) is 2.40. The Morgan fingerprint density at radius 3 is 1.26 bits per heavy atom. The fourth-order valence-electron chi connectivity index (χ4n) is 1.67. The molecular weight excluding hydrogens is 308 g/mol. The zero-order valence-corrected chi connectivity index (χ0v) is 16.3. The van der Waals surface area contributed by atoms with Crippen molar-refractivity contribution in [3.8, 4) is 0 Å². The highest BCUT2D eigenvalue weighted by atomic mass is 32.2. The SMILES string of the molecule is CCCCC(S)S.CCCCCCCCCC(S)S. The van der Waals surface area contributed by atoms with Crippen LogP contribution >= 0.6 is 50.5 Å². The maximum absolute atomic E-state index is 4.22. The molecule has 0 saturated heterocycles. The number of hydrogen-bond donors (Lipinski definition) is 4. The van der Waals surface area contributed by atoms with Gasteiger partial charge in [-0.15, -0.1) is 0 Å². The summed E-state index contributed by atoms with van der Waals surface area (Å²) in [4.78, 5) is 0. The lowest BCUT2D eigenvalue weighted by molar-refractivity contribution is 0.584. The molecule has 0 rings (SSSR count). The van der Waals surface area contributed by atoms with Gasteiger partial charge in [0.2, 0.25) is 0 Å². The van der Waals surface area contributed by atoms with Crippen LogP contribution in [0.1, 0.15) is 84.5 Å². The first-order chi connectivity index (χ1) is 9.04. The molecule has 0 nitrogen and oxygen atoms in total. The zero-order valence-electron chi connectivity index (χ0n) is 12.7. The Hall–Kier alpha value is 1.40. The first kappa shape index (κ1) is 22.7. The average molecular weight is 343 g/mol. The molecule has 0 aromatic heterocycles.